The second kappa shape index (κ2) is 7.88. The van der Waals surface area contributed by atoms with Gasteiger partial charge in [-0.3, -0.25) is 0 Å². The number of hydrogen-bond donors (Lipinski definition) is 1. The van der Waals surface area contributed by atoms with Gasteiger partial charge in [0.15, 0.2) is 0 Å². The van der Waals surface area contributed by atoms with Crippen molar-refractivity contribution in [3.63, 3.8) is 0 Å². The van der Waals surface area contributed by atoms with E-state index in [0.29, 0.717) is 12.0 Å². The molecule has 1 aromatic rings. The molecule has 0 fully saturated rings. The van der Waals surface area contributed by atoms with Gasteiger partial charge in [0, 0.05) is 23.2 Å². The van der Waals surface area contributed by atoms with Gasteiger partial charge in [0.1, 0.15) is 0 Å². The third kappa shape index (κ3) is 5.52. The van der Waals surface area contributed by atoms with Crippen molar-refractivity contribution in [3.05, 3.63) is 34.9 Å². The Morgan fingerprint density at radius 2 is 1.74 bits per heavy atom. The molecule has 0 bridgehead atoms. The summed E-state index contributed by atoms with van der Waals surface area (Å²) in [5.74, 6) is 0.490. The van der Waals surface area contributed by atoms with E-state index in [0.717, 1.165) is 17.1 Å². The zero-order valence-electron chi connectivity index (χ0n) is 12.6. The normalized spacial score (nSPS) is 14.9. The first-order valence-electron chi connectivity index (χ1n) is 7.05. The SMILES string of the molecule is CC(C)NCC(OC(C)C(C)C)c1ccccc1Cl. The molecule has 2 unspecified atom stereocenters. The van der Waals surface area contributed by atoms with Crippen LogP contribution >= 0.6 is 11.6 Å². The molecule has 0 aliphatic rings. The molecule has 0 amide bonds. The van der Waals surface area contributed by atoms with Gasteiger partial charge in [-0.1, -0.05) is 57.5 Å². The molecular weight excluding hydrogens is 258 g/mol. The van der Waals surface area contributed by atoms with E-state index in [1.807, 2.05) is 24.3 Å². The van der Waals surface area contributed by atoms with Gasteiger partial charge in [-0.25, -0.2) is 0 Å². The summed E-state index contributed by atoms with van der Waals surface area (Å²) in [4.78, 5) is 0. The molecule has 0 aliphatic carbocycles. The van der Waals surface area contributed by atoms with E-state index in [1.54, 1.807) is 0 Å². The summed E-state index contributed by atoms with van der Waals surface area (Å²) in [6.07, 6.45) is 0.198. The van der Waals surface area contributed by atoms with Crippen LogP contribution in [0.15, 0.2) is 24.3 Å². The molecule has 19 heavy (non-hydrogen) atoms. The summed E-state index contributed by atoms with van der Waals surface area (Å²) in [5.41, 5.74) is 1.06. The van der Waals surface area contributed by atoms with Gasteiger partial charge in [-0.15, -0.1) is 0 Å². The van der Waals surface area contributed by atoms with Crippen molar-refractivity contribution >= 4 is 11.6 Å². The molecule has 0 aliphatic heterocycles. The van der Waals surface area contributed by atoms with Crippen molar-refractivity contribution in [2.24, 2.45) is 5.92 Å². The highest BCUT2D eigenvalue weighted by Crippen LogP contribution is 2.27. The van der Waals surface area contributed by atoms with Crippen molar-refractivity contribution < 1.29 is 4.74 Å². The minimum atomic E-state index is -0.00602. The molecule has 108 valence electrons. The molecule has 3 heteroatoms. The number of halogens is 1. The monoisotopic (exact) mass is 283 g/mol. The number of hydrogen-bond acceptors (Lipinski definition) is 2. The molecule has 0 saturated carbocycles. The van der Waals surface area contributed by atoms with Gasteiger partial charge in [0.2, 0.25) is 0 Å². The first-order chi connectivity index (χ1) is 8.91. The zero-order chi connectivity index (χ0) is 14.4. The van der Waals surface area contributed by atoms with Crippen LogP contribution in [0.25, 0.3) is 0 Å². The summed E-state index contributed by atoms with van der Waals surface area (Å²) < 4.78 is 6.18. The second-order valence-electron chi connectivity index (χ2n) is 5.66. The summed E-state index contributed by atoms with van der Waals surface area (Å²) in [6.45, 7) is 11.5. The van der Waals surface area contributed by atoms with Gasteiger partial charge in [0.25, 0.3) is 0 Å². The van der Waals surface area contributed by atoms with Gasteiger partial charge in [-0.05, 0) is 18.9 Å². The van der Waals surface area contributed by atoms with Crippen LogP contribution in [-0.4, -0.2) is 18.7 Å². The van der Waals surface area contributed by atoms with Gasteiger partial charge >= 0.3 is 0 Å². The molecule has 1 rings (SSSR count). The summed E-state index contributed by atoms with van der Waals surface area (Å²) in [5, 5.41) is 4.20. The number of rotatable bonds is 7. The number of benzene rings is 1. The predicted octanol–water partition coefficient (Wildman–Crippen LogP) is 4.44. The van der Waals surface area contributed by atoms with Crippen molar-refractivity contribution in [1.29, 1.82) is 0 Å². The topological polar surface area (TPSA) is 21.3 Å². The maximum absolute atomic E-state index is 6.29. The van der Waals surface area contributed by atoms with Crippen LogP contribution < -0.4 is 5.32 Å². The Bertz CT molecular complexity index is 379. The molecular formula is C16H26ClNO. The molecule has 2 nitrogen and oxygen atoms in total. The fourth-order valence-electron chi connectivity index (χ4n) is 1.73. The Balaban J connectivity index is 2.83. The Morgan fingerprint density at radius 3 is 2.26 bits per heavy atom. The molecule has 0 aromatic heterocycles. The van der Waals surface area contributed by atoms with Crippen molar-refractivity contribution in [1.82, 2.24) is 5.32 Å². The maximum atomic E-state index is 6.29. The molecule has 0 heterocycles. The lowest BCUT2D eigenvalue weighted by molar-refractivity contribution is -0.0266. The van der Waals surface area contributed by atoms with Crippen LogP contribution in [0.3, 0.4) is 0 Å². The van der Waals surface area contributed by atoms with E-state index < -0.39 is 0 Å². The lowest BCUT2D eigenvalue weighted by Crippen LogP contribution is -2.31. The largest absolute Gasteiger partial charge is 0.369 e. The second-order valence-corrected chi connectivity index (χ2v) is 6.07. The van der Waals surface area contributed by atoms with Crippen LogP contribution in [0.1, 0.15) is 46.3 Å². The predicted molar refractivity (Wildman–Crippen MR) is 82.7 cm³/mol. The Labute approximate surface area is 122 Å². The van der Waals surface area contributed by atoms with E-state index in [4.69, 9.17) is 16.3 Å². The molecule has 0 saturated heterocycles. The van der Waals surface area contributed by atoms with E-state index >= 15 is 0 Å². The van der Waals surface area contributed by atoms with Crippen LogP contribution in [-0.2, 0) is 4.74 Å². The minimum absolute atomic E-state index is 0.00602. The van der Waals surface area contributed by atoms with E-state index in [2.05, 4.69) is 39.9 Å². The first kappa shape index (κ1) is 16.5. The molecule has 1 N–H and O–H groups in total. The average molecular weight is 284 g/mol. The van der Waals surface area contributed by atoms with E-state index in [9.17, 15) is 0 Å². The summed E-state index contributed by atoms with van der Waals surface area (Å²) in [6, 6.07) is 8.35. The molecule has 0 spiro atoms. The highest BCUT2D eigenvalue weighted by atomic mass is 35.5. The average Bonchev–Trinajstić information content (AvgIpc) is 2.34. The number of nitrogens with one attached hydrogen (secondary N) is 1. The maximum Gasteiger partial charge on any atom is 0.0967 e. The quantitative estimate of drug-likeness (QED) is 0.799. The van der Waals surface area contributed by atoms with Gasteiger partial charge < -0.3 is 10.1 Å². The fourth-order valence-corrected chi connectivity index (χ4v) is 1.98. The fraction of sp³-hybridized carbons (Fsp3) is 0.625. The van der Waals surface area contributed by atoms with E-state index in [-0.39, 0.29) is 12.2 Å². The Kier molecular flexibility index (Phi) is 6.84. The van der Waals surface area contributed by atoms with Crippen LogP contribution in [0.5, 0.6) is 0 Å². The van der Waals surface area contributed by atoms with Crippen molar-refractivity contribution in [2.75, 3.05) is 6.54 Å². The highest BCUT2D eigenvalue weighted by Gasteiger charge is 2.19. The zero-order valence-corrected chi connectivity index (χ0v) is 13.4. The van der Waals surface area contributed by atoms with Crippen LogP contribution in [0.4, 0.5) is 0 Å². The third-order valence-electron chi connectivity index (χ3n) is 3.28. The highest BCUT2D eigenvalue weighted by molar-refractivity contribution is 6.31. The van der Waals surface area contributed by atoms with Gasteiger partial charge in [-0.2, -0.15) is 0 Å². The molecule has 0 radical (unpaired) electrons. The minimum Gasteiger partial charge on any atom is -0.369 e. The molecule has 1 aromatic carbocycles. The van der Waals surface area contributed by atoms with Crippen LogP contribution in [0, 0.1) is 5.92 Å². The molecule has 2 atom stereocenters. The Morgan fingerprint density at radius 1 is 1.11 bits per heavy atom. The van der Waals surface area contributed by atoms with E-state index in [1.165, 1.54) is 0 Å². The lowest BCUT2D eigenvalue weighted by atomic mass is 10.1. The summed E-state index contributed by atoms with van der Waals surface area (Å²) in [7, 11) is 0. The van der Waals surface area contributed by atoms with Crippen LogP contribution in [0.2, 0.25) is 5.02 Å². The third-order valence-corrected chi connectivity index (χ3v) is 3.63. The lowest BCUT2D eigenvalue weighted by Gasteiger charge is -2.27. The van der Waals surface area contributed by atoms with Crippen molar-refractivity contribution in [2.45, 2.75) is 52.9 Å². The summed E-state index contributed by atoms with van der Waals surface area (Å²) >= 11 is 6.29. The number of ether oxygens (including phenoxy) is 1. The smallest absolute Gasteiger partial charge is 0.0967 e. The Hall–Kier alpha value is -0.570. The first-order valence-corrected chi connectivity index (χ1v) is 7.42. The standard InChI is InChI=1S/C16H26ClNO/c1-11(2)13(5)19-16(10-18-12(3)4)14-8-6-7-9-15(14)17/h6-9,11-13,16,18H,10H2,1-5H3. The van der Waals surface area contributed by atoms with Crippen molar-refractivity contribution in [3.8, 4) is 0 Å². The van der Waals surface area contributed by atoms with Gasteiger partial charge in [0.05, 0.1) is 12.2 Å².